The summed E-state index contributed by atoms with van der Waals surface area (Å²) in [6, 6.07) is 1.67. The normalized spacial score (nSPS) is 31.2. The molecule has 2 rings (SSSR count). The molecule has 3 atom stereocenters. The van der Waals surface area contributed by atoms with Crippen molar-refractivity contribution in [2.75, 3.05) is 40.3 Å². The first-order chi connectivity index (χ1) is 8.54. The minimum absolute atomic E-state index is 0.777. The highest BCUT2D eigenvalue weighted by Crippen LogP contribution is 2.33. The summed E-state index contributed by atoms with van der Waals surface area (Å²) in [5.74, 6) is 1.68. The smallest absolute Gasteiger partial charge is 0.0111 e. The molecule has 2 bridgehead atoms. The Hall–Kier alpha value is -0.120. The van der Waals surface area contributed by atoms with E-state index in [1.165, 1.54) is 45.4 Å². The Morgan fingerprint density at radius 3 is 2.44 bits per heavy atom. The van der Waals surface area contributed by atoms with Gasteiger partial charge in [-0.15, -0.1) is 0 Å². The Kier molecular flexibility index (Phi) is 5.05. The highest BCUT2D eigenvalue weighted by Gasteiger charge is 2.39. The number of nitrogens with zero attached hydrogens (tertiary/aromatic N) is 2. The van der Waals surface area contributed by atoms with Crippen molar-refractivity contribution in [3.63, 3.8) is 0 Å². The number of fused-ring (bicyclic) bond motifs is 2. The average molecular weight is 253 g/mol. The molecule has 3 heteroatoms. The molecule has 2 aliphatic rings. The van der Waals surface area contributed by atoms with Crippen LogP contribution in [0.2, 0.25) is 0 Å². The van der Waals surface area contributed by atoms with Crippen LogP contribution in [-0.4, -0.2) is 62.2 Å². The van der Waals surface area contributed by atoms with Gasteiger partial charge in [-0.2, -0.15) is 0 Å². The maximum absolute atomic E-state index is 3.76. The fourth-order valence-corrected chi connectivity index (χ4v) is 3.59. The van der Waals surface area contributed by atoms with Gasteiger partial charge >= 0.3 is 0 Å². The van der Waals surface area contributed by atoms with E-state index in [2.05, 4.69) is 43.1 Å². The minimum Gasteiger partial charge on any atom is -0.311 e. The van der Waals surface area contributed by atoms with Gasteiger partial charge in [-0.1, -0.05) is 13.8 Å². The summed E-state index contributed by atoms with van der Waals surface area (Å²) in [6.07, 6.45) is 4.25. The van der Waals surface area contributed by atoms with Crippen molar-refractivity contribution in [1.29, 1.82) is 0 Å². The first kappa shape index (κ1) is 14.3. The van der Waals surface area contributed by atoms with Gasteiger partial charge in [-0.3, -0.25) is 0 Å². The highest BCUT2D eigenvalue weighted by molar-refractivity contribution is 4.98. The van der Waals surface area contributed by atoms with Crippen LogP contribution in [-0.2, 0) is 0 Å². The summed E-state index contributed by atoms with van der Waals surface area (Å²) in [4.78, 5) is 4.99. The van der Waals surface area contributed by atoms with Crippen molar-refractivity contribution in [2.45, 2.75) is 45.2 Å². The van der Waals surface area contributed by atoms with Gasteiger partial charge in [-0.05, 0) is 45.2 Å². The molecule has 3 unspecified atom stereocenters. The van der Waals surface area contributed by atoms with Gasteiger partial charge in [0, 0.05) is 38.3 Å². The molecule has 1 N–H and O–H groups in total. The second-order valence-electron chi connectivity index (χ2n) is 7.00. The lowest BCUT2D eigenvalue weighted by Gasteiger charge is -2.31. The minimum atomic E-state index is 0.777. The lowest BCUT2D eigenvalue weighted by Crippen LogP contribution is -2.40. The van der Waals surface area contributed by atoms with Crippen molar-refractivity contribution in [3.05, 3.63) is 0 Å². The molecule has 18 heavy (non-hydrogen) atoms. The van der Waals surface area contributed by atoms with Crippen molar-refractivity contribution in [2.24, 2.45) is 11.8 Å². The molecule has 2 heterocycles. The SMILES string of the molecule is CC(C)CN(CCN(C)C)CC1CC2CCC1N2. The Labute approximate surface area is 113 Å². The third-order valence-corrected chi connectivity index (χ3v) is 4.41. The summed E-state index contributed by atoms with van der Waals surface area (Å²) in [5.41, 5.74) is 0. The van der Waals surface area contributed by atoms with E-state index >= 15 is 0 Å². The molecule has 0 aromatic heterocycles. The Balaban J connectivity index is 1.80. The van der Waals surface area contributed by atoms with E-state index in [9.17, 15) is 0 Å². The molecule has 2 saturated heterocycles. The van der Waals surface area contributed by atoms with Crippen molar-refractivity contribution in [1.82, 2.24) is 15.1 Å². The van der Waals surface area contributed by atoms with Crippen LogP contribution in [0.5, 0.6) is 0 Å². The van der Waals surface area contributed by atoms with Crippen LogP contribution >= 0.6 is 0 Å². The first-order valence-electron chi connectivity index (χ1n) is 7.67. The summed E-state index contributed by atoms with van der Waals surface area (Å²) in [5, 5.41) is 3.76. The zero-order chi connectivity index (χ0) is 13.1. The van der Waals surface area contributed by atoms with E-state index in [4.69, 9.17) is 0 Å². The number of likely N-dealkylation sites (N-methyl/N-ethyl adjacent to an activating group) is 1. The van der Waals surface area contributed by atoms with E-state index in [1.54, 1.807) is 0 Å². The number of rotatable bonds is 7. The number of hydrogen-bond donors (Lipinski definition) is 1. The molecule has 2 fully saturated rings. The van der Waals surface area contributed by atoms with Gasteiger partial charge < -0.3 is 15.1 Å². The summed E-state index contributed by atoms with van der Waals surface area (Å²) < 4.78 is 0. The standard InChI is InChI=1S/C15H31N3/c1-12(2)10-18(8-7-17(3)4)11-13-9-14-5-6-15(13)16-14/h12-16H,5-11H2,1-4H3. The quantitative estimate of drug-likeness (QED) is 0.744. The molecule has 0 amide bonds. The highest BCUT2D eigenvalue weighted by atomic mass is 15.2. The Morgan fingerprint density at radius 1 is 1.17 bits per heavy atom. The third kappa shape index (κ3) is 3.94. The van der Waals surface area contributed by atoms with Gasteiger partial charge in [0.05, 0.1) is 0 Å². The zero-order valence-electron chi connectivity index (χ0n) is 12.7. The zero-order valence-corrected chi connectivity index (χ0v) is 12.7. The average Bonchev–Trinajstić information content (AvgIpc) is 2.86. The monoisotopic (exact) mass is 253 g/mol. The molecule has 2 aliphatic heterocycles. The van der Waals surface area contributed by atoms with Gasteiger partial charge in [0.25, 0.3) is 0 Å². The third-order valence-electron chi connectivity index (χ3n) is 4.41. The van der Waals surface area contributed by atoms with Gasteiger partial charge in [0.1, 0.15) is 0 Å². The molecule has 0 aromatic rings. The van der Waals surface area contributed by atoms with Gasteiger partial charge in [0.15, 0.2) is 0 Å². The Morgan fingerprint density at radius 2 is 1.94 bits per heavy atom. The molecular formula is C15H31N3. The first-order valence-corrected chi connectivity index (χ1v) is 7.67. The van der Waals surface area contributed by atoms with Crippen LogP contribution in [0.15, 0.2) is 0 Å². The molecule has 0 aromatic carbocycles. The summed E-state index contributed by atoms with van der Waals surface area (Å²) >= 11 is 0. The molecule has 106 valence electrons. The van der Waals surface area contributed by atoms with Crippen molar-refractivity contribution in [3.8, 4) is 0 Å². The van der Waals surface area contributed by atoms with Gasteiger partial charge in [-0.25, -0.2) is 0 Å². The van der Waals surface area contributed by atoms with Crippen molar-refractivity contribution < 1.29 is 0 Å². The van der Waals surface area contributed by atoms with Crippen LogP contribution in [0.25, 0.3) is 0 Å². The molecular weight excluding hydrogens is 222 g/mol. The molecule has 0 spiro atoms. The van der Waals surface area contributed by atoms with E-state index < -0.39 is 0 Å². The van der Waals surface area contributed by atoms with Crippen LogP contribution in [0.1, 0.15) is 33.1 Å². The lowest BCUT2D eigenvalue weighted by molar-refractivity contribution is 0.177. The van der Waals surface area contributed by atoms with Crippen LogP contribution in [0.3, 0.4) is 0 Å². The predicted molar refractivity (Wildman–Crippen MR) is 77.9 cm³/mol. The van der Waals surface area contributed by atoms with Crippen molar-refractivity contribution >= 4 is 0 Å². The second kappa shape index (κ2) is 6.36. The Bertz CT molecular complexity index is 252. The van der Waals surface area contributed by atoms with E-state index in [0.717, 1.165) is 23.9 Å². The maximum Gasteiger partial charge on any atom is 0.0111 e. The van der Waals surface area contributed by atoms with Crippen LogP contribution < -0.4 is 5.32 Å². The van der Waals surface area contributed by atoms with E-state index in [0.29, 0.717) is 0 Å². The second-order valence-corrected chi connectivity index (χ2v) is 7.00. The maximum atomic E-state index is 3.76. The molecule has 0 radical (unpaired) electrons. The van der Waals surface area contributed by atoms with Gasteiger partial charge in [0.2, 0.25) is 0 Å². The van der Waals surface area contributed by atoms with Crippen LogP contribution in [0, 0.1) is 11.8 Å². The molecule has 3 nitrogen and oxygen atoms in total. The summed E-state index contributed by atoms with van der Waals surface area (Å²) in [7, 11) is 4.35. The fourth-order valence-electron chi connectivity index (χ4n) is 3.59. The molecule has 0 saturated carbocycles. The summed E-state index contributed by atoms with van der Waals surface area (Å²) in [6.45, 7) is 9.63. The lowest BCUT2D eigenvalue weighted by atomic mass is 9.88. The number of hydrogen-bond acceptors (Lipinski definition) is 3. The van der Waals surface area contributed by atoms with E-state index in [-0.39, 0.29) is 0 Å². The number of nitrogens with one attached hydrogen (secondary N) is 1. The van der Waals surface area contributed by atoms with Crippen LogP contribution in [0.4, 0.5) is 0 Å². The van der Waals surface area contributed by atoms with E-state index in [1.807, 2.05) is 0 Å². The fraction of sp³-hybridized carbons (Fsp3) is 1.00. The molecule has 0 aliphatic carbocycles. The predicted octanol–water partition coefficient (Wildman–Crippen LogP) is 1.65. The topological polar surface area (TPSA) is 18.5 Å². The largest absolute Gasteiger partial charge is 0.311 e.